The lowest BCUT2D eigenvalue weighted by Gasteiger charge is -2.44. The molecule has 0 unspecified atom stereocenters. The number of fused-ring (bicyclic) bond motifs is 3. The summed E-state index contributed by atoms with van der Waals surface area (Å²) in [6, 6.07) is 11.0. The number of aryl methyl sites for hydroxylation is 1. The fraction of sp³-hybridized carbons (Fsp3) is 0.429. The van der Waals surface area contributed by atoms with Gasteiger partial charge in [0.2, 0.25) is 0 Å². The second-order valence-electron chi connectivity index (χ2n) is 7.41. The Hall–Kier alpha value is -1.62. The van der Waals surface area contributed by atoms with Gasteiger partial charge in [-0.25, -0.2) is 0 Å². The van der Waals surface area contributed by atoms with Crippen molar-refractivity contribution in [2.45, 2.75) is 31.4 Å². The van der Waals surface area contributed by atoms with Gasteiger partial charge >= 0.3 is 0 Å². The normalized spacial score (nSPS) is 20.2. The molecule has 3 aromatic rings. The molecule has 4 heteroatoms. The van der Waals surface area contributed by atoms with E-state index in [2.05, 4.69) is 58.4 Å². The molecule has 130 valence electrons. The SMILES string of the molecule is Cn1cc(CN2CCC3(CC2)OCCc2sccc23)c2ccccc21. The van der Waals surface area contributed by atoms with Gasteiger partial charge in [0.1, 0.15) is 0 Å². The van der Waals surface area contributed by atoms with Crippen molar-refractivity contribution >= 4 is 22.2 Å². The zero-order valence-electron chi connectivity index (χ0n) is 14.7. The number of ether oxygens (including phenoxy) is 1. The van der Waals surface area contributed by atoms with Gasteiger partial charge in [0, 0.05) is 55.1 Å². The number of benzene rings is 1. The fourth-order valence-electron chi connectivity index (χ4n) is 4.64. The maximum atomic E-state index is 6.34. The number of piperidine rings is 1. The summed E-state index contributed by atoms with van der Waals surface area (Å²) in [6.45, 7) is 4.14. The molecule has 1 fully saturated rings. The average molecular weight is 353 g/mol. The van der Waals surface area contributed by atoms with Gasteiger partial charge in [-0.1, -0.05) is 18.2 Å². The summed E-state index contributed by atoms with van der Waals surface area (Å²) in [7, 11) is 2.14. The van der Waals surface area contributed by atoms with Gasteiger partial charge in [0.05, 0.1) is 12.2 Å². The number of rotatable bonds is 2. The standard InChI is InChI=1S/C21H24N2OS/c1-22-14-16(17-4-2-3-5-19(17)22)15-23-10-8-21(9-11-23)18-7-13-25-20(18)6-12-24-21/h2-5,7,13-14H,6,8-12,15H2,1H3. The zero-order chi connectivity index (χ0) is 16.9. The molecule has 0 bridgehead atoms. The van der Waals surface area contributed by atoms with Crippen molar-refractivity contribution in [1.29, 1.82) is 0 Å². The van der Waals surface area contributed by atoms with Crippen molar-refractivity contribution in [3.05, 3.63) is 57.9 Å². The van der Waals surface area contributed by atoms with Crippen LogP contribution in [0.5, 0.6) is 0 Å². The van der Waals surface area contributed by atoms with Crippen LogP contribution in [-0.4, -0.2) is 29.2 Å². The van der Waals surface area contributed by atoms with E-state index in [4.69, 9.17) is 4.74 Å². The highest BCUT2D eigenvalue weighted by Gasteiger charge is 2.41. The number of hydrogen-bond donors (Lipinski definition) is 0. The molecule has 25 heavy (non-hydrogen) atoms. The summed E-state index contributed by atoms with van der Waals surface area (Å²) >= 11 is 1.90. The van der Waals surface area contributed by atoms with Crippen molar-refractivity contribution in [2.75, 3.05) is 19.7 Å². The highest BCUT2D eigenvalue weighted by Crippen LogP contribution is 2.43. The molecule has 4 heterocycles. The van der Waals surface area contributed by atoms with Crippen molar-refractivity contribution in [1.82, 2.24) is 9.47 Å². The Labute approximate surface area is 152 Å². The van der Waals surface area contributed by atoms with Gasteiger partial charge in [-0.05, 0) is 41.5 Å². The molecule has 2 aromatic heterocycles. The van der Waals surface area contributed by atoms with Gasteiger partial charge in [-0.15, -0.1) is 11.3 Å². The minimum Gasteiger partial charge on any atom is -0.370 e. The van der Waals surface area contributed by atoms with Gasteiger partial charge in [0.15, 0.2) is 0 Å². The van der Waals surface area contributed by atoms with E-state index >= 15 is 0 Å². The summed E-state index contributed by atoms with van der Waals surface area (Å²) < 4.78 is 8.59. The molecule has 1 saturated heterocycles. The van der Waals surface area contributed by atoms with Crippen molar-refractivity contribution in [2.24, 2.45) is 7.05 Å². The third-order valence-corrected chi connectivity index (χ3v) is 6.96. The number of thiophene rings is 1. The Bertz CT molecular complexity index is 902. The van der Waals surface area contributed by atoms with Crippen LogP contribution in [0, 0.1) is 0 Å². The minimum atomic E-state index is -0.0111. The third kappa shape index (κ3) is 2.55. The minimum absolute atomic E-state index is 0.0111. The first-order chi connectivity index (χ1) is 12.3. The molecule has 5 rings (SSSR count). The van der Waals surface area contributed by atoms with E-state index in [9.17, 15) is 0 Å². The molecular formula is C21H24N2OS. The van der Waals surface area contributed by atoms with E-state index < -0.39 is 0 Å². The van der Waals surface area contributed by atoms with Crippen molar-refractivity contribution in [3.8, 4) is 0 Å². The molecule has 2 aliphatic rings. The monoisotopic (exact) mass is 352 g/mol. The van der Waals surface area contributed by atoms with Crippen molar-refractivity contribution < 1.29 is 4.74 Å². The number of hydrogen-bond acceptors (Lipinski definition) is 3. The van der Waals surface area contributed by atoms with Crippen LogP contribution in [0.2, 0.25) is 0 Å². The predicted molar refractivity (Wildman–Crippen MR) is 103 cm³/mol. The van der Waals surface area contributed by atoms with Crippen LogP contribution < -0.4 is 0 Å². The number of likely N-dealkylation sites (tertiary alicyclic amines) is 1. The Balaban J connectivity index is 1.34. The van der Waals surface area contributed by atoms with Crippen LogP contribution >= 0.6 is 11.3 Å². The lowest BCUT2D eigenvalue weighted by atomic mass is 9.82. The predicted octanol–water partition coefficient (Wildman–Crippen LogP) is 4.30. The quantitative estimate of drug-likeness (QED) is 0.684. The van der Waals surface area contributed by atoms with Crippen LogP contribution in [-0.2, 0) is 30.4 Å². The molecule has 2 aliphatic heterocycles. The van der Waals surface area contributed by atoms with E-state index in [0.29, 0.717) is 0 Å². The maximum Gasteiger partial charge on any atom is 0.0966 e. The summed E-state index contributed by atoms with van der Waals surface area (Å²) in [5, 5.41) is 3.63. The van der Waals surface area contributed by atoms with Gasteiger partial charge in [-0.3, -0.25) is 4.90 Å². The number of aromatic nitrogens is 1. The van der Waals surface area contributed by atoms with Crippen LogP contribution in [0.3, 0.4) is 0 Å². The molecular weight excluding hydrogens is 328 g/mol. The van der Waals surface area contributed by atoms with Crippen LogP contribution in [0.4, 0.5) is 0 Å². The summed E-state index contributed by atoms with van der Waals surface area (Å²) in [6.07, 6.45) is 5.61. The molecule has 1 aromatic carbocycles. The first-order valence-electron chi connectivity index (χ1n) is 9.21. The van der Waals surface area contributed by atoms with Crippen LogP contribution in [0.25, 0.3) is 10.9 Å². The molecule has 0 aliphatic carbocycles. The average Bonchev–Trinajstić information content (AvgIpc) is 3.24. The smallest absolute Gasteiger partial charge is 0.0966 e. The van der Waals surface area contributed by atoms with Crippen LogP contribution in [0.15, 0.2) is 41.9 Å². The van der Waals surface area contributed by atoms with E-state index in [1.54, 1.807) is 4.88 Å². The van der Waals surface area contributed by atoms with E-state index in [1.807, 2.05) is 11.3 Å². The van der Waals surface area contributed by atoms with Crippen molar-refractivity contribution in [3.63, 3.8) is 0 Å². The molecule has 0 saturated carbocycles. The Morgan fingerprint density at radius 1 is 1.16 bits per heavy atom. The molecule has 1 spiro atoms. The van der Waals surface area contributed by atoms with Gasteiger partial charge < -0.3 is 9.30 Å². The number of nitrogens with zero attached hydrogens (tertiary/aromatic N) is 2. The zero-order valence-corrected chi connectivity index (χ0v) is 15.5. The summed E-state index contributed by atoms with van der Waals surface area (Å²) in [5.74, 6) is 0. The fourth-order valence-corrected chi connectivity index (χ4v) is 5.59. The first-order valence-corrected chi connectivity index (χ1v) is 10.1. The largest absolute Gasteiger partial charge is 0.370 e. The first kappa shape index (κ1) is 15.6. The highest BCUT2D eigenvalue weighted by atomic mass is 32.1. The Kier molecular flexibility index (Phi) is 3.73. The molecule has 0 N–H and O–H groups in total. The van der Waals surface area contributed by atoms with Gasteiger partial charge in [0.25, 0.3) is 0 Å². The van der Waals surface area contributed by atoms with E-state index in [0.717, 1.165) is 45.5 Å². The summed E-state index contributed by atoms with van der Waals surface area (Å²) in [4.78, 5) is 4.14. The Morgan fingerprint density at radius 2 is 2.00 bits per heavy atom. The summed E-state index contributed by atoms with van der Waals surface area (Å²) in [5.41, 5.74) is 4.23. The van der Waals surface area contributed by atoms with E-state index in [1.165, 1.54) is 22.0 Å². The highest BCUT2D eigenvalue weighted by molar-refractivity contribution is 7.10. The third-order valence-electron chi connectivity index (χ3n) is 5.98. The second-order valence-corrected chi connectivity index (χ2v) is 8.41. The lowest BCUT2D eigenvalue weighted by Crippen LogP contribution is -2.45. The van der Waals surface area contributed by atoms with Crippen LogP contribution in [0.1, 0.15) is 28.8 Å². The topological polar surface area (TPSA) is 17.4 Å². The second kappa shape index (κ2) is 5.97. The van der Waals surface area contributed by atoms with Gasteiger partial charge in [-0.2, -0.15) is 0 Å². The Morgan fingerprint density at radius 3 is 2.88 bits per heavy atom. The van der Waals surface area contributed by atoms with E-state index in [-0.39, 0.29) is 5.60 Å². The molecule has 3 nitrogen and oxygen atoms in total. The molecule has 0 atom stereocenters. The molecule has 0 radical (unpaired) electrons. The maximum absolute atomic E-state index is 6.34. The lowest BCUT2D eigenvalue weighted by molar-refractivity contribution is -0.0980. The number of para-hydroxylation sites is 1. The molecule has 0 amide bonds.